The van der Waals surface area contributed by atoms with Crippen molar-refractivity contribution >= 4 is 0 Å². The second-order valence-corrected chi connectivity index (χ2v) is 7.25. The van der Waals surface area contributed by atoms with Crippen molar-refractivity contribution in [3.05, 3.63) is 0 Å². The predicted octanol–water partition coefficient (Wildman–Crippen LogP) is 5.28. The van der Waals surface area contributed by atoms with Crippen molar-refractivity contribution in [2.75, 3.05) is 0 Å². The van der Waals surface area contributed by atoms with Crippen LogP contribution in [0.3, 0.4) is 0 Å². The summed E-state index contributed by atoms with van der Waals surface area (Å²) in [7, 11) is 0. The molecular formula is C18H35N. The number of rotatable bonds is 5. The zero-order valence-corrected chi connectivity index (χ0v) is 13.1. The summed E-state index contributed by atoms with van der Waals surface area (Å²) in [6.07, 6.45) is 18.6. The van der Waals surface area contributed by atoms with Gasteiger partial charge in [-0.25, -0.2) is 0 Å². The van der Waals surface area contributed by atoms with Crippen molar-refractivity contribution in [1.29, 1.82) is 0 Å². The zero-order chi connectivity index (χ0) is 13.5. The molecule has 2 rings (SSSR count). The maximum Gasteiger partial charge on any atom is 0.00956 e. The smallest absolute Gasteiger partial charge is 0.00956 e. The van der Waals surface area contributed by atoms with Gasteiger partial charge in [0.1, 0.15) is 0 Å². The van der Waals surface area contributed by atoms with E-state index in [4.69, 9.17) is 5.73 Å². The van der Waals surface area contributed by atoms with Crippen LogP contribution >= 0.6 is 0 Å². The third-order valence-electron chi connectivity index (χ3n) is 5.85. The molecule has 0 radical (unpaired) electrons. The molecule has 112 valence electrons. The lowest BCUT2D eigenvalue weighted by atomic mass is 9.73. The molecule has 0 bridgehead atoms. The molecule has 0 aliphatic heterocycles. The van der Waals surface area contributed by atoms with Crippen LogP contribution in [0, 0.1) is 17.8 Å². The lowest BCUT2D eigenvalue weighted by molar-refractivity contribution is 0.189. The molecule has 2 saturated carbocycles. The summed E-state index contributed by atoms with van der Waals surface area (Å²) in [5, 5.41) is 0. The zero-order valence-electron chi connectivity index (χ0n) is 13.1. The summed E-state index contributed by atoms with van der Waals surface area (Å²) in [5.41, 5.74) is 6.64. The monoisotopic (exact) mass is 265 g/mol. The second-order valence-electron chi connectivity index (χ2n) is 7.25. The van der Waals surface area contributed by atoms with Gasteiger partial charge in [-0.2, -0.15) is 0 Å². The lowest BCUT2D eigenvalue weighted by Crippen LogP contribution is -2.39. The summed E-state index contributed by atoms with van der Waals surface area (Å²) in [6, 6.07) is 0.519. The molecule has 0 aromatic rings. The fourth-order valence-electron chi connectivity index (χ4n) is 4.44. The number of hydrogen-bond acceptors (Lipinski definition) is 1. The molecule has 1 heteroatoms. The Morgan fingerprint density at radius 2 is 1.42 bits per heavy atom. The van der Waals surface area contributed by atoms with Crippen molar-refractivity contribution in [1.82, 2.24) is 0 Å². The fraction of sp³-hybridized carbons (Fsp3) is 1.00. The minimum Gasteiger partial charge on any atom is -0.327 e. The maximum atomic E-state index is 6.64. The molecule has 2 N–H and O–H groups in total. The van der Waals surface area contributed by atoms with Gasteiger partial charge in [-0.1, -0.05) is 64.7 Å². The van der Waals surface area contributed by atoms with Crippen LogP contribution in [0.1, 0.15) is 90.4 Å². The molecule has 1 atom stereocenters. The molecular weight excluding hydrogens is 230 g/mol. The molecule has 2 aliphatic carbocycles. The second kappa shape index (κ2) is 8.29. The molecule has 1 nitrogen and oxygen atoms in total. The lowest BCUT2D eigenvalue weighted by Gasteiger charge is -2.36. The van der Waals surface area contributed by atoms with Gasteiger partial charge in [-0.15, -0.1) is 0 Å². The Hall–Kier alpha value is -0.0400. The molecule has 0 spiro atoms. The van der Waals surface area contributed by atoms with Crippen molar-refractivity contribution in [2.24, 2.45) is 23.5 Å². The Kier molecular flexibility index (Phi) is 6.70. The van der Waals surface area contributed by atoms with Gasteiger partial charge in [-0.3, -0.25) is 0 Å². The minimum absolute atomic E-state index is 0.519. The summed E-state index contributed by atoms with van der Waals surface area (Å²) < 4.78 is 0. The van der Waals surface area contributed by atoms with E-state index in [1.807, 2.05) is 0 Å². The van der Waals surface area contributed by atoms with Gasteiger partial charge in [0.25, 0.3) is 0 Å². The first-order chi connectivity index (χ1) is 9.31. The third kappa shape index (κ3) is 4.77. The van der Waals surface area contributed by atoms with E-state index in [0.717, 1.165) is 17.8 Å². The first-order valence-electron chi connectivity index (χ1n) is 9.06. The average molecular weight is 265 g/mol. The highest BCUT2D eigenvalue weighted by molar-refractivity contribution is 4.85. The molecule has 1 unspecified atom stereocenters. The van der Waals surface area contributed by atoms with Gasteiger partial charge in [-0.05, 0) is 43.4 Å². The Morgan fingerprint density at radius 3 is 2.00 bits per heavy atom. The minimum atomic E-state index is 0.519. The van der Waals surface area contributed by atoms with Gasteiger partial charge in [0.2, 0.25) is 0 Å². The van der Waals surface area contributed by atoms with Gasteiger partial charge >= 0.3 is 0 Å². The van der Waals surface area contributed by atoms with Crippen LogP contribution in [0.2, 0.25) is 0 Å². The third-order valence-corrected chi connectivity index (χ3v) is 5.85. The van der Waals surface area contributed by atoms with E-state index in [9.17, 15) is 0 Å². The van der Waals surface area contributed by atoms with Gasteiger partial charge in [0.15, 0.2) is 0 Å². The normalized spacial score (nSPS) is 31.9. The predicted molar refractivity (Wildman–Crippen MR) is 84.1 cm³/mol. The van der Waals surface area contributed by atoms with Crippen molar-refractivity contribution in [2.45, 2.75) is 96.4 Å². The largest absolute Gasteiger partial charge is 0.327 e. The number of nitrogens with two attached hydrogens (primary N) is 1. The SMILES string of the molecule is CCCCC1CCC(C(N)C2CCCCCC2)CC1. The molecule has 0 saturated heterocycles. The van der Waals surface area contributed by atoms with E-state index in [1.54, 1.807) is 0 Å². The molecule has 2 fully saturated rings. The highest BCUT2D eigenvalue weighted by atomic mass is 14.7. The summed E-state index contributed by atoms with van der Waals surface area (Å²) in [4.78, 5) is 0. The Labute approximate surface area is 120 Å². The number of unbranched alkanes of at least 4 members (excludes halogenated alkanes) is 1. The highest BCUT2D eigenvalue weighted by Gasteiger charge is 2.30. The molecule has 19 heavy (non-hydrogen) atoms. The Bertz CT molecular complexity index is 222. The number of hydrogen-bond donors (Lipinski definition) is 1. The van der Waals surface area contributed by atoms with Gasteiger partial charge in [0, 0.05) is 6.04 Å². The van der Waals surface area contributed by atoms with Crippen LogP contribution in [0.15, 0.2) is 0 Å². The van der Waals surface area contributed by atoms with E-state index >= 15 is 0 Å². The summed E-state index contributed by atoms with van der Waals surface area (Å²) in [6.45, 7) is 2.31. The van der Waals surface area contributed by atoms with Crippen LogP contribution in [0.5, 0.6) is 0 Å². The molecule has 0 aromatic carbocycles. The Balaban J connectivity index is 1.73. The first kappa shape index (κ1) is 15.4. The summed E-state index contributed by atoms with van der Waals surface area (Å²) >= 11 is 0. The first-order valence-corrected chi connectivity index (χ1v) is 9.06. The van der Waals surface area contributed by atoms with Crippen molar-refractivity contribution in [3.63, 3.8) is 0 Å². The molecule has 2 aliphatic rings. The molecule has 0 aromatic heterocycles. The highest BCUT2D eigenvalue weighted by Crippen LogP contribution is 2.37. The molecule has 0 heterocycles. The Morgan fingerprint density at radius 1 is 0.842 bits per heavy atom. The quantitative estimate of drug-likeness (QED) is 0.672. The van der Waals surface area contributed by atoms with Crippen molar-refractivity contribution in [3.8, 4) is 0 Å². The van der Waals surface area contributed by atoms with Gasteiger partial charge < -0.3 is 5.73 Å². The van der Waals surface area contributed by atoms with Gasteiger partial charge in [0.05, 0.1) is 0 Å². The van der Waals surface area contributed by atoms with Crippen LogP contribution in [-0.2, 0) is 0 Å². The van der Waals surface area contributed by atoms with E-state index in [1.165, 1.54) is 83.5 Å². The van der Waals surface area contributed by atoms with Crippen LogP contribution < -0.4 is 5.73 Å². The molecule has 0 amide bonds. The average Bonchev–Trinajstić information content (AvgIpc) is 2.74. The standard InChI is InChI=1S/C18H35N/c1-2-3-8-15-11-13-17(14-12-15)18(19)16-9-6-4-5-7-10-16/h15-18H,2-14,19H2,1H3. The maximum absolute atomic E-state index is 6.64. The van der Waals surface area contributed by atoms with E-state index < -0.39 is 0 Å². The van der Waals surface area contributed by atoms with E-state index in [-0.39, 0.29) is 0 Å². The van der Waals surface area contributed by atoms with Crippen LogP contribution in [0.4, 0.5) is 0 Å². The van der Waals surface area contributed by atoms with Crippen LogP contribution in [0.25, 0.3) is 0 Å². The van der Waals surface area contributed by atoms with E-state index in [0.29, 0.717) is 6.04 Å². The van der Waals surface area contributed by atoms with E-state index in [2.05, 4.69) is 6.92 Å². The topological polar surface area (TPSA) is 26.0 Å². The van der Waals surface area contributed by atoms with Crippen LogP contribution in [-0.4, -0.2) is 6.04 Å². The summed E-state index contributed by atoms with van der Waals surface area (Å²) in [5.74, 6) is 2.72. The fourth-order valence-corrected chi connectivity index (χ4v) is 4.44. The van der Waals surface area contributed by atoms with Crippen molar-refractivity contribution < 1.29 is 0 Å².